The molecule has 1 aromatic rings. The maximum Gasteiger partial charge on any atom is 0.101 e. The van der Waals surface area contributed by atoms with Crippen LogP contribution in [-0.2, 0) is 7.05 Å². The van der Waals surface area contributed by atoms with E-state index in [1.54, 1.807) is 0 Å². The van der Waals surface area contributed by atoms with Gasteiger partial charge >= 0.3 is 0 Å². The SMILES string of the molecule is CC.CC.Cc1cn(C)cc1C#N. The van der Waals surface area contributed by atoms with Crippen molar-refractivity contribution in [3.05, 3.63) is 23.5 Å². The van der Waals surface area contributed by atoms with E-state index in [1.807, 2.05) is 58.6 Å². The first-order valence-corrected chi connectivity index (χ1v) is 4.76. The van der Waals surface area contributed by atoms with E-state index in [4.69, 9.17) is 5.26 Å². The molecular weight excluding hydrogens is 160 g/mol. The molecule has 0 aromatic carbocycles. The van der Waals surface area contributed by atoms with Crippen molar-refractivity contribution < 1.29 is 0 Å². The van der Waals surface area contributed by atoms with E-state index < -0.39 is 0 Å². The minimum absolute atomic E-state index is 0.762. The zero-order valence-electron chi connectivity index (χ0n) is 9.55. The minimum Gasteiger partial charge on any atom is -0.356 e. The molecule has 2 heteroatoms. The van der Waals surface area contributed by atoms with E-state index in [9.17, 15) is 0 Å². The van der Waals surface area contributed by atoms with Crippen LogP contribution < -0.4 is 0 Å². The quantitative estimate of drug-likeness (QED) is 0.602. The standard InChI is InChI=1S/C7H8N2.2C2H6/c1-6-4-9(2)5-7(6)3-8;2*1-2/h4-5H,1-2H3;2*1-2H3. The first-order valence-electron chi connectivity index (χ1n) is 4.76. The molecule has 0 aliphatic rings. The Bertz CT molecular complexity index is 254. The Morgan fingerprint density at radius 1 is 1.15 bits per heavy atom. The van der Waals surface area contributed by atoms with Gasteiger partial charge in [-0.05, 0) is 12.5 Å². The summed E-state index contributed by atoms with van der Waals surface area (Å²) in [6.45, 7) is 9.93. The molecule has 0 radical (unpaired) electrons. The van der Waals surface area contributed by atoms with E-state index in [1.165, 1.54) is 0 Å². The highest BCUT2D eigenvalue weighted by molar-refractivity contribution is 5.34. The average Bonchev–Trinajstić information content (AvgIpc) is 2.51. The summed E-state index contributed by atoms with van der Waals surface area (Å²) in [6.07, 6.45) is 3.74. The van der Waals surface area contributed by atoms with Crippen LogP contribution in [0.4, 0.5) is 0 Å². The number of hydrogen-bond donors (Lipinski definition) is 0. The molecule has 0 N–H and O–H groups in total. The van der Waals surface area contributed by atoms with Crippen molar-refractivity contribution in [1.29, 1.82) is 5.26 Å². The van der Waals surface area contributed by atoms with Gasteiger partial charge in [-0.15, -0.1) is 0 Å². The predicted molar refractivity (Wildman–Crippen MR) is 57.6 cm³/mol. The Hall–Kier alpha value is -1.23. The summed E-state index contributed by atoms with van der Waals surface area (Å²) in [5, 5.41) is 8.47. The number of nitrogens with zero attached hydrogens (tertiary/aromatic N) is 2. The maximum absolute atomic E-state index is 8.47. The predicted octanol–water partition coefficient (Wildman–Crippen LogP) is 3.26. The van der Waals surface area contributed by atoms with Gasteiger partial charge in [0.2, 0.25) is 0 Å². The van der Waals surface area contributed by atoms with Gasteiger partial charge in [0.05, 0.1) is 5.56 Å². The number of hydrogen-bond acceptors (Lipinski definition) is 1. The molecule has 0 aliphatic carbocycles. The third kappa shape index (κ3) is 5.08. The second kappa shape index (κ2) is 8.86. The molecule has 0 saturated carbocycles. The van der Waals surface area contributed by atoms with E-state index >= 15 is 0 Å². The molecule has 2 nitrogen and oxygen atoms in total. The van der Waals surface area contributed by atoms with Gasteiger partial charge in [-0.1, -0.05) is 27.7 Å². The highest BCUT2D eigenvalue weighted by Gasteiger charge is 1.96. The topological polar surface area (TPSA) is 28.7 Å². The van der Waals surface area contributed by atoms with Crippen LogP contribution in [0.3, 0.4) is 0 Å². The van der Waals surface area contributed by atoms with E-state index in [0.29, 0.717) is 0 Å². The number of aromatic nitrogens is 1. The van der Waals surface area contributed by atoms with Crippen molar-refractivity contribution in [2.45, 2.75) is 34.6 Å². The van der Waals surface area contributed by atoms with Gasteiger partial charge in [-0.25, -0.2) is 0 Å². The van der Waals surface area contributed by atoms with E-state index in [2.05, 4.69) is 6.07 Å². The van der Waals surface area contributed by atoms with Crippen LogP contribution in [0, 0.1) is 18.3 Å². The zero-order chi connectivity index (χ0) is 10.9. The van der Waals surface area contributed by atoms with Crippen LogP contribution in [0.5, 0.6) is 0 Å². The lowest BCUT2D eigenvalue weighted by molar-refractivity contribution is 0.924. The molecule has 74 valence electrons. The molecule has 0 aliphatic heterocycles. The molecule has 0 amide bonds. The van der Waals surface area contributed by atoms with Gasteiger partial charge in [0.25, 0.3) is 0 Å². The van der Waals surface area contributed by atoms with Gasteiger partial charge in [-0.2, -0.15) is 5.26 Å². The molecule has 0 unspecified atom stereocenters. The van der Waals surface area contributed by atoms with Crippen LogP contribution in [-0.4, -0.2) is 4.57 Å². The van der Waals surface area contributed by atoms with Crippen LogP contribution >= 0.6 is 0 Å². The van der Waals surface area contributed by atoms with E-state index in [0.717, 1.165) is 11.1 Å². The summed E-state index contributed by atoms with van der Waals surface area (Å²) >= 11 is 0. The Labute approximate surface area is 81.8 Å². The lowest BCUT2D eigenvalue weighted by atomic mass is 10.2. The Balaban J connectivity index is 0. The Morgan fingerprint density at radius 3 is 1.77 bits per heavy atom. The third-order valence-electron chi connectivity index (χ3n) is 1.28. The zero-order valence-corrected chi connectivity index (χ0v) is 9.55. The van der Waals surface area contributed by atoms with Crippen molar-refractivity contribution >= 4 is 0 Å². The van der Waals surface area contributed by atoms with Crippen LogP contribution in [0.15, 0.2) is 12.4 Å². The first-order chi connectivity index (χ1) is 6.24. The van der Waals surface area contributed by atoms with Crippen LogP contribution in [0.2, 0.25) is 0 Å². The summed E-state index contributed by atoms with van der Waals surface area (Å²) in [5.74, 6) is 0. The second-order valence-electron chi connectivity index (χ2n) is 2.13. The normalized spacial score (nSPS) is 7.15. The third-order valence-corrected chi connectivity index (χ3v) is 1.28. The number of aryl methyl sites for hydroxylation is 2. The molecule has 1 heterocycles. The summed E-state index contributed by atoms with van der Waals surface area (Å²) in [6, 6.07) is 2.10. The van der Waals surface area contributed by atoms with Gasteiger partial charge in [0, 0.05) is 19.4 Å². The lowest BCUT2D eigenvalue weighted by Gasteiger charge is -1.80. The molecule has 0 bridgehead atoms. The molecule has 13 heavy (non-hydrogen) atoms. The highest BCUT2D eigenvalue weighted by Crippen LogP contribution is 2.04. The summed E-state index contributed by atoms with van der Waals surface area (Å²) in [7, 11) is 1.91. The van der Waals surface area contributed by atoms with Crippen molar-refractivity contribution in [2.75, 3.05) is 0 Å². The highest BCUT2D eigenvalue weighted by atomic mass is 14.9. The fraction of sp³-hybridized carbons (Fsp3) is 0.545. The molecule has 1 aromatic heterocycles. The molecule has 0 saturated heterocycles. The first kappa shape index (κ1) is 14.3. The van der Waals surface area contributed by atoms with Gasteiger partial charge in [0.1, 0.15) is 6.07 Å². The fourth-order valence-corrected chi connectivity index (χ4v) is 0.835. The number of nitriles is 1. The van der Waals surface area contributed by atoms with Crippen molar-refractivity contribution in [3.8, 4) is 6.07 Å². The molecule has 1 rings (SSSR count). The second-order valence-corrected chi connectivity index (χ2v) is 2.13. The van der Waals surface area contributed by atoms with Gasteiger partial charge < -0.3 is 4.57 Å². The average molecular weight is 180 g/mol. The van der Waals surface area contributed by atoms with E-state index in [-0.39, 0.29) is 0 Å². The molecule has 0 fully saturated rings. The summed E-state index contributed by atoms with van der Waals surface area (Å²) in [4.78, 5) is 0. The fourth-order valence-electron chi connectivity index (χ4n) is 0.835. The van der Waals surface area contributed by atoms with Gasteiger partial charge in [-0.3, -0.25) is 0 Å². The Morgan fingerprint density at radius 2 is 1.62 bits per heavy atom. The van der Waals surface area contributed by atoms with Crippen molar-refractivity contribution in [1.82, 2.24) is 4.57 Å². The molecule has 0 spiro atoms. The molecule has 0 atom stereocenters. The van der Waals surface area contributed by atoms with Crippen molar-refractivity contribution in [3.63, 3.8) is 0 Å². The molecular formula is C11H20N2. The maximum atomic E-state index is 8.47. The largest absolute Gasteiger partial charge is 0.356 e. The van der Waals surface area contributed by atoms with Crippen LogP contribution in [0.1, 0.15) is 38.8 Å². The summed E-state index contributed by atoms with van der Waals surface area (Å²) < 4.78 is 1.88. The van der Waals surface area contributed by atoms with Crippen LogP contribution in [0.25, 0.3) is 0 Å². The minimum atomic E-state index is 0.762. The number of rotatable bonds is 0. The smallest absolute Gasteiger partial charge is 0.101 e. The van der Waals surface area contributed by atoms with Crippen molar-refractivity contribution in [2.24, 2.45) is 7.05 Å². The monoisotopic (exact) mass is 180 g/mol. The lowest BCUT2D eigenvalue weighted by Crippen LogP contribution is -1.77. The van der Waals surface area contributed by atoms with Gasteiger partial charge in [0.15, 0.2) is 0 Å². The summed E-state index contributed by atoms with van der Waals surface area (Å²) in [5.41, 5.74) is 1.80. The Kier molecular flexibility index (Phi) is 9.75.